The first kappa shape index (κ1) is 15.6. The van der Waals surface area contributed by atoms with E-state index in [0.717, 1.165) is 0 Å². The second-order valence-electron chi connectivity index (χ2n) is 4.91. The van der Waals surface area contributed by atoms with E-state index in [2.05, 4.69) is 0 Å². The minimum absolute atomic E-state index is 0.191. The van der Waals surface area contributed by atoms with E-state index in [0.29, 0.717) is 43.2 Å². The maximum absolute atomic E-state index is 12.4. The van der Waals surface area contributed by atoms with Crippen molar-refractivity contribution in [3.63, 3.8) is 0 Å². The number of methoxy groups -OCH3 is 1. The van der Waals surface area contributed by atoms with Gasteiger partial charge in [0.1, 0.15) is 5.75 Å². The van der Waals surface area contributed by atoms with Crippen LogP contribution in [-0.4, -0.2) is 63.1 Å². The molecule has 1 saturated heterocycles. The molecule has 1 aliphatic rings. The molecule has 21 heavy (non-hydrogen) atoms. The number of benzene rings is 1. The summed E-state index contributed by atoms with van der Waals surface area (Å²) in [6.07, 6.45) is 1.17. The van der Waals surface area contributed by atoms with Crippen molar-refractivity contribution in [3.05, 3.63) is 23.8 Å². The monoisotopic (exact) mass is 313 g/mol. The van der Waals surface area contributed by atoms with E-state index >= 15 is 0 Å². The molecule has 2 N–H and O–H groups in total. The van der Waals surface area contributed by atoms with E-state index in [1.165, 1.54) is 17.7 Å². The number of nitrogens with two attached hydrogens (primary N) is 1. The molecule has 1 heterocycles. The number of carbonyl (C=O) groups is 1. The molecule has 0 aromatic heterocycles. The Kier molecular flexibility index (Phi) is 4.38. The predicted octanol–water partition coefficient (Wildman–Crippen LogP) is -0.00520. The van der Waals surface area contributed by atoms with Crippen molar-refractivity contribution < 1.29 is 17.9 Å². The molecule has 0 unspecified atom stereocenters. The second-order valence-corrected chi connectivity index (χ2v) is 6.89. The molecule has 116 valence electrons. The first-order valence-corrected chi connectivity index (χ1v) is 8.35. The van der Waals surface area contributed by atoms with E-state index in [-0.39, 0.29) is 5.91 Å². The lowest BCUT2D eigenvalue weighted by Gasteiger charge is -2.33. The van der Waals surface area contributed by atoms with Crippen LogP contribution in [0.2, 0.25) is 0 Å². The Morgan fingerprint density at radius 2 is 1.86 bits per heavy atom. The average molecular weight is 313 g/mol. The number of carbonyl (C=O) groups excluding carboxylic acids is 1. The van der Waals surface area contributed by atoms with Crippen LogP contribution in [0, 0.1) is 0 Å². The summed E-state index contributed by atoms with van der Waals surface area (Å²) in [5.74, 6) is 0.397. The van der Waals surface area contributed by atoms with Crippen molar-refractivity contribution in [2.45, 2.75) is 0 Å². The Balaban J connectivity index is 2.09. The van der Waals surface area contributed by atoms with E-state index in [9.17, 15) is 13.2 Å². The maximum atomic E-state index is 12.4. The molecule has 2 rings (SSSR count). The Bertz CT molecular complexity index is 637. The van der Waals surface area contributed by atoms with Gasteiger partial charge in [-0.1, -0.05) is 0 Å². The number of nitrogens with zero attached hydrogens (tertiary/aromatic N) is 2. The Hall–Kier alpha value is -1.80. The van der Waals surface area contributed by atoms with Crippen molar-refractivity contribution in [3.8, 4) is 5.75 Å². The van der Waals surface area contributed by atoms with Crippen LogP contribution in [0.25, 0.3) is 0 Å². The molecular formula is C13H19N3O4S. The molecule has 0 radical (unpaired) electrons. The van der Waals surface area contributed by atoms with Crippen molar-refractivity contribution in [2.24, 2.45) is 0 Å². The number of piperazine rings is 1. The summed E-state index contributed by atoms with van der Waals surface area (Å²) in [7, 11) is -1.67. The van der Waals surface area contributed by atoms with Gasteiger partial charge in [-0.3, -0.25) is 4.79 Å². The van der Waals surface area contributed by atoms with Crippen molar-refractivity contribution >= 4 is 21.6 Å². The molecule has 1 fully saturated rings. The largest absolute Gasteiger partial charge is 0.497 e. The van der Waals surface area contributed by atoms with Gasteiger partial charge in [-0.25, -0.2) is 8.42 Å². The van der Waals surface area contributed by atoms with Gasteiger partial charge in [-0.15, -0.1) is 0 Å². The standard InChI is InChI=1S/C13H19N3O4S/c1-20-10-3-4-11(12(14)9-10)13(17)15-5-7-16(8-6-15)21(2,18)19/h3-4,9H,5-8,14H2,1-2H3. The summed E-state index contributed by atoms with van der Waals surface area (Å²) in [5, 5.41) is 0. The van der Waals surface area contributed by atoms with Gasteiger partial charge in [-0.05, 0) is 12.1 Å². The quantitative estimate of drug-likeness (QED) is 0.793. The third kappa shape index (κ3) is 3.45. The van der Waals surface area contributed by atoms with Crippen molar-refractivity contribution in [1.82, 2.24) is 9.21 Å². The Morgan fingerprint density at radius 1 is 1.24 bits per heavy atom. The molecule has 1 amide bonds. The summed E-state index contributed by atoms with van der Waals surface area (Å²) in [6.45, 7) is 1.33. The van der Waals surface area contributed by atoms with Crippen LogP contribution in [-0.2, 0) is 10.0 Å². The summed E-state index contributed by atoms with van der Waals surface area (Å²) < 4.78 is 29.3. The highest BCUT2D eigenvalue weighted by molar-refractivity contribution is 7.88. The van der Waals surface area contributed by atoms with Gasteiger partial charge in [0.2, 0.25) is 10.0 Å². The zero-order valence-electron chi connectivity index (χ0n) is 12.1. The molecule has 0 aliphatic carbocycles. The zero-order valence-corrected chi connectivity index (χ0v) is 12.9. The van der Waals surface area contributed by atoms with Gasteiger partial charge < -0.3 is 15.4 Å². The molecule has 0 bridgehead atoms. The van der Waals surface area contributed by atoms with Gasteiger partial charge in [0, 0.05) is 37.9 Å². The topological polar surface area (TPSA) is 92.9 Å². The third-order valence-corrected chi connectivity index (χ3v) is 4.79. The van der Waals surface area contributed by atoms with Crippen molar-refractivity contribution in [2.75, 3.05) is 45.3 Å². The lowest BCUT2D eigenvalue weighted by atomic mass is 10.1. The number of hydrogen-bond acceptors (Lipinski definition) is 5. The highest BCUT2D eigenvalue weighted by Gasteiger charge is 2.27. The average Bonchev–Trinajstić information content (AvgIpc) is 2.45. The second kappa shape index (κ2) is 5.90. The SMILES string of the molecule is COc1ccc(C(=O)N2CCN(S(C)(=O)=O)CC2)c(N)c1. The fourth-order valence-corrected chi connectivity index (χ4v) is 3.08. The van der Waals surface area contributed by atoms with Crippen molar-refractivity contribution in [1.29, 1.82) is 0 Å². The zero-order chi connectivity index (χ0) is 15.6. The van der Waals surface area contributed by atoms with Gasteiger partial charge in [-0.2, -0.15) is 4.31 Å². The molecule has 0 saturated carbocycles. The molecular weight excluding hydrogens is 294 g/mol. The lowest BCUT2D eigenvalue weighted by Crippen LogP contribution is -2.50. The highest BCUT2D eigenvalue weighted by atomic mass is 32.2. The Labute approximate surface area is 124 Å². The van der Waals surface area contributed by atoms with Gasteiger partial charge >= 0.3 is 0 Å². The molecule has 7 nitrogen and oxygen atoms in total. The van der Waals surface area contributed by atoms with E-state index < -0.39 is 10.0 Å². The molecule has 8 heteroatoms. The minimum atomic E-state index is -3.20. The van der Waals surface area contributed by atoms with Crippen LogP contribution < -0.4 is 10.5 Å². The van der Waals surface area contributed by atoms with Gasteiger partial charge in [0.25, 0.3) is 5.91 Å². The number of rotatable bonds is 3. The number of hydrogen-bond donors (Lipinski definition) is 1. The van der Waals surface area contributed by atoms with E-state index in [4.69, 9.17) is 10.5 Å². The van der Waals surface area contributed by atoms with Gasteiger partial charge in [0.15, 0.2) is 0 Å². The summed E-state index contributed by atoms with van der Waals surface area (Å²) in [6, 6.07) is 4.90. The molecule has 0 spiro atoms. The summed E-state index contributed by atoms with van der Waals surface area (Å²) >= 11 is 0. The van der Waals surface area contributed by atoms with Crippen LogP contribution in [0.1, 0.15) is 10.4 Å². The van der Waals surface area contributed by atoms with E-state index in [1.54, 1.807) is 23.1 Å². The molecule has 1 aromatic rings. The lowest BCUT2D eigenvalue weighted by molar-refractivity contribution is 0.0699. The van der Waals surface area contributed by atoms with E-state index in [1.807, 2.05) is 0 Å². The smallest absolute Gasteiger partial charge is 0.256 e. The normalized spacial score (nSPS) is 16.8. The number of ether oxygens (including phenoxy) is 1. The molecule has 1 aromatic carbocycles. The first-order chi connectivity index (χ1) is 9.82. The number of sulfonamides is 1. The number of nitrogen functional groups attached to an aromatic ring is 1. The predicted molar refractivity (Wildman–Crippen MR) is 79.7 cm³/mol. The fourth-order valence-electron chi connectivity index (χ4n) is 2.26. The highest BCUT2D eigenvalue weighted by Crippen LogP contribution is 2.21. The number of anilines is 1. The maximum Gasteiger partial charge on any atom is 0.256 e. The third-order valence-electron chi connectivity index (χ3n) is 3.48. The first-order valence-electron chi connectivity index (χ1n) is 6.51. The van der Waals surface area contributed by atoms with Gasteiger partial charge in [0.05, 0.1) is 18.9 Å². The van der Waals surface area contributed by atoms with Crippen LogP contribution in [0.4, 0.5) is 5.69 Å². The molecule has 1 aliphatic heterocycles. The number of amides is 1. The summed E-state index contributed by atoms with van der Waals surface area (Å²) in [4.78, 5) is 14.0. The fraction of sp³-hybridized carbons (Fsp3) is 0.462. The van der Waals surface area contributed by atoms with Crippen LogP contribution in [0.3, 0.4) is 0 Å². The van der Waals surface area contributed by atoms with Crippen LogP contribution in [0.5, 0.6) is 5.75 Å². The minimum Gasteiger partial charge on any atom is -0.497 e. The summed E-state index contributed by atoms with van der Waals surface area (Å²) in [5.41, 5.74) is 6.63. The Morgan fingerprint density at radius 3 is 2.33 bits per heavy atom. The molecule has 0 atom stereocenters. The van der Waals surface area contributed by atoms with Crippen LogP contribution in [0.15, 0.2) is 18.2 Å². The van der Waals surface area contributed by atoms with Crippen LogP contribution >= 0.6 is 0 Å².